The van der Waals surface area contributed by atoms with Crippen LogP contribution in [0.15, 0.2) is 40.9 Å². The van der Waals surface area contributed by atoms with E-state index in [1.807, 2.05) is 12.1 Å². The molecule has 0 atom stereocenters. The molecule has 0 radical (unpaired) electrons. The number of hydrogen-bond acceptors (Lipinski definition) is 3. The number of ether oxygens (including phenoxy) is 2. The summed E-state index contributed by atoms with van der Waals surface area (Å²) in [5.74, 6) is 1.08. The molecule has 0 aromatic heterocycles. The van der Waals surface area contributed by atoms with E-state index >= 15 is 0 Å². The standard InChI is InChI=1S/C15H15BrFNO2/c1-19-14-8-10(7-13(16)15(14)20-2)9-18-12-5-3-11(17)4-6-12/h3-8,18H,9H2,1-2H3. The Hall–Kier alpha value is -1.75. The van der Waals surface area contributed by atoms with Crippen LogP contribution in [-0.2, 0) is 6.54 Å². The summed E-state index contributed by atoms with van der Waals surface area (Å²) in [6.45, 7) is 0.602. The number of rotatable bonds is 5. The molecule has 2 aromatic carbocycles. The number of methoxy groups -OCH3 is 2. The molecule has 20 heavy (non-hydrogen) atoms. The Kier molecular flexibility index (Phi) is 4.84. The first-order valence-electron chi connectivity index (χ1n) is 6.04. The zero-order valence-electron chi connectivity index (χ0n) is 11.2. The van der Waals surface area contributed by atoms with E-state index in [9.17, 15) is 4.39 Å². The maximum absolute atomic E-state index is 12.8. The molecule has 0 amide bonds. The Morgan fingerprint density at radius 1 is 1.10 bits per heavy atom. The van der Waals surface area contributed by atoms with Crippen LogP contribution in [0.3, 0.4) is 0 Å². The van der Waals surface area contributed by atoms with E-state index in [0.717, 1.165) is 15.7 Å². The van der Waals surface area contributed by atoms with Crippen molar-refractivity contribution in [2.45, 2.75) is 6.54 Å². The third kappa shape index (κ3) is 3.42. The second-order valence-corrected chi connectivity index (χ2v) is 5.03. The first-order chi connectivity index (χ1) is 9.63. The highest BCUT2D eigenvalue weighted by atomic mass is 79.9. The minimum Gasteiger partial charge on any atom is -0.493 e. The Labute approximate surface area is 125 Å². The van der Waals surface area contributed by atoms with Crippen LogP contribution in [0.2, 0.25) is 0 Å². The van der Waals surface area contributed by atoms with Crippen LogP contribution >= 0.6 is 15.9 Å². The van der Waals surface area contributed by atoms with Gasteiger partial charge < -0.3 is 14.8 Å². The maximum Gasteiger partial charge on any atom is 0.174 e. The molecule has 2 aromatic rings. The maximum atomic E-state index is 12.8. The number of anilines is 1. The van der Waals surface area contributed by atoms with Crippen LogP contribution in [-0.4, -0.2) is 14.2 Å². The summed E-state index contributed by atoms with van der Waals surface area (Å²) in [5, 5.41) is 3.22. The minimum atomic E-state index is -0.246. The fourth-order valence-electron chi connectivity index (χ4n) is 1.85. The van der Waals surface area contributed by atoms with Gasteiger partial charge in [-0.1, -0.05) is 0 Å². The van der Waals surface area contributed by atoms with Gasteiger partial charge in [0.1, 0.15) is 5.82 Å². The van der Waals surface area contributed by atoms with Crippen LogP contribution < -0.4 is 14.8 Å². The molecule has 0 fully saturated rings. The zero-order valence-corrected chi connectivity index (χ0v) is 12.8. The molecule has 3 nitrogen and oxygen atoms in total. The Morgan fingerprint density at radius 3 is 2.40 bits per heavy atom. The quantitative estimate of drug-likeness (QED) is 0.884. The SMILES string of the molecule is COc1cc(CNc2ccc(F)cc2)cc(Br)c1OC. The molecule has 0 aliphatic rings. The van der Waals surface area contributed by atoms with Crippen LogP contribution in [0.25, 0.3) is 0 Å². The highest BCUT2D eigenvalue weighted by Crippen LogP contribution is 2.36. The van der Waals surface area contributed by atoms with Crippen LogP contribution in [0.4, 0.5) is 10.1 Å². The predicted octanol–water partition coefficient (Wildman–Crippen LogP) is 4.22. The zero-order chi connectivity index (χ0) is 14.5. The Bertz CT molecular complexity index is 587. The van der Waals surface area contributed by atoms with Gasteiger partial charge in [-0.2, -0.15) is 0 Å². The smallest absolute Gasteiger partial charge is 0.174 e. The summed E-state index contributed by atoms with van der Waals surface area (Å²) < 4.78 is 24.2. The molecule has 106 valence electrons. The molecular formula is C15H15BrFNO2. The Balaban J connectivity index is 2.13. The molecule has 0 spiro atoms. The largest absolute Gasteiger partial charge is 0.493 e. The normalized spacial score (nSPS) is 10.2. The van der Waals surface area contributed by atoms with E-state index in [1.54, 1.807) is 26.4 Å². The number of hydrogen-bond donors (Lipinski definition) is 1. The van der Waals surface area contributed by atoms with E-state index in [1.165, 1.54) is 12.1 Å². The number of halogens is 2. The van der Waals surface area contributed by atoms with E-state index in [4.69, 9.17) is 9.47 Å². The van der Waals surface area contributed by atoms with Crippen LogP contribution in [0.1, 0.15) is 5.56 Å². The Morgan fingerprint density at radius 2 is 1.80 bits per heavy atom. The van der Waals surface area contributed by atoms with Gasteiger partial charge in [-0.15, -0.1) is 0 Å². The van der Waals surface area contributed by atoms with Crippen molar-refractivity contribution in [3.8, 4) is 11.5 Å². The molecule has 1 N–H and O–H groups in total. The van der Waals surface area contributed by atoms with Crippen molar-refractivity contribution in [2.24, 2.45) is 0 Å². The molecule has 0 saturated heterocycles. The summed E-state index contributed by atoms with van der Waals surface area (Å²) in [4.78, 5) is 0. The highest BCUT2D eigenvalue weighted by molar-refractivity contribution is 9.10. The molecular weight excluding hydrogens is 325 g/mol. The summed E-state index contributed by atoms with van der Waals surface area (Å²) in [6.07, 6.45) is 0. The number of nitrogens with one attached hydrogen (secondary N) is 1. The summed E-state index contributed by atoms with van der Waals surface area (Å²) in [6, 6.07) is 10.1. The highest BCUT2D eigenvalue weighted by Gasteiger charge is 2.10. The lowest BCUT2D eigenvalue weighted by atomic mass is 10.2. The third-order valence-electron chi connectivity index (χ3n) is 2.83. The molecule has 0 bridgehead atoms. The van der Waals surface area contributed by atoms with Crippen molar-refractivity contribution in [1.29, 1.82) is 0 Å². The van der Waals surface area contributed by atoms with Crippen molar-refractivity contribution in [3.05, 3.63) is 52.3 Å². The summed E-state index contributed by atoms with van der Waals surface area (Å²) in [7, 11) is 3.19. The van der Waals surface area contributed by atoms with Gasteiger partial charge in [0.2, 0.25) is 0 Å². The summed E-state index contributed by atoms with van der Waals surface area (Å²) >= 11 is 3.45. The molecule has 0 heterocycles. The lowest BCUT2D eigenvalue weighted by molar-refractivity contribution is 0.352. The second kappa shape index (κ2) is 6.61. The van der Waals surface area contributed by atoms with Crippen molar-refractivity contribution in [1.82, 2.24) is 0 Å². The van der Waals surface area contributed by atoms with E-state index in [0.29, 0.717) is 18.0 Å². The molecule has 2 rings (SSSR count). The fourth-order valence-corrected chi connectivity index (χ4v) is 2.50. The van der Waals surface area contributed by atoms with E-state index in [-0.39, 0.29) is 5.82 Å². The van der Waals surface area contributed by atoms with Crippen LogP contribution in [0.5, 0.6) is 11.5 Å². The van der Waals surface area contributed by atoms with Gasteiger partial charge in [-0.25, -0.2) is 4.39 Å². The van der Waals surface area contributed by atoms with E-state index in [2.05, 4.69) is 21.2 Å². The minimum absolute atomic E-state index is 0.246. The van der Waals surface area contributed by atoms with Crippen LogP contribution in [0, 0.1) is 5.82 Å². The van der Waals surface area contributed by atoms with Gasteiger partial charge in [0, 0.05) is 12.2 Å². The van der Waals surface area contributed by atoms with Gasteiger partial charge in [0.05, 0.1) is 18.7 Å². The first kappa shape index (κ1) is 14.7. The molecule has 5 heteroatoms. The van der Waals surface area contributed by atoms with Gasteiger partial charge >= 0.3 is 0 Å². The average Bonchev–Trinajstić information content (AvgIpc) is 2.46. The molecule has 0 aliphatic carbocycles. The van der Waals surface area contributed by atoms with Gasteiger partial charge in [-0.3, -0.25) is 0 Å². The summed E-state index contributed by atoms with van der Waals surface area (Å²) in [5.41, 5.74) is 1.89. The molecule has 0 saturated carbocycles. The third-order valence-corrected chi connectivity index (χ3v) is 3.42. The van der Waals surface area contributed by atoms with Crippen molar-refractivity contribution in [3.63, 3.8) is 0 Å². The first-order valence-corrected chi connectivity index (χ1v) is 6.83. The predicted molar refractivity (Wildman–Crippen MR) is 81.0 cm³/mol. The second-order valence-electron chi connectivity index (χ2n) is 4.17. The topological polar surface area (TPSA) is 30.5 Å². The van der Waals surface area contributed by atoms with Gasteiger partial charge in [-0.05, 0) is 57.9 Å². The lowest BCUT2D eigenvalue weighted by Crippen LogP contribution is -2.01. The monoisotopic (exact) mass is 339 g/mol. The molecule has 0 unspecified atom stereocenters. The van der Waals surface area contributed by atoms with Crippen molar-refractivity contribution >= 4 is 21.6 Å². The van der Waals surface area contributed by atoms with Crippen molar-refractivity contribution < 1.29 is 13.9 Å². The molecule has 0 aliphatic heterocycles. The fraction of sp³-hybridized carbons (Fsp3) is 0.200. The van der Waals surface area contributed by atoms with Crippen molar-refractivity contribution in [2.75, 3.05) is 19.5 Å². The van der Waals surface area contributed by atoms with Gasteiger partial charge in [0.15, 0.2) is 11.5 Å². The number of benzene rings is 2. The van der Waals surface area contributed by atoms with Gasteiger partial charge in [0.25, 0.3) is 0 Å². The average molecular weight is 340 g/mol. The van der Waals surface area contributed by atoms with E-state index < -0.39 is 0 Å². The lowest BCUT2D eigenvalue weighted by Gasteiger charge is -2.13.